The zero-order chi connectivity index (χ0) is 12.2. The first-order valence-electron chi connectivity index (χ1n) is 5.96. The Morgan fingerprint density at radius 1 is 1.18 bits per heavy atom. The lowest BCUT2D eigenvalue weighted by Gasteiger charge is -2.05. The van der Waals surface area contributed by atoms with E-state index in [0.29, 0.717) is 13.2 Å². The summed E-state index contributed by atoms with van der Waals surface area (Å²) in [5.74, 6) is 0. The maximum Gasteiger partial charge on any atom is 0.0724 e. The van der Waals surface area contributed by atoms with Gasteiger partial charge in [-0.2, -0.15) is 0 Å². The summed E-state index contributed by atoms with van der Waals surface area (Å²) in [4.78, 5) is 8.19. The van der Waals surface area contributed by atoms with E-state index in [4.69, 9.17) is 9.47 Å². The van der Waals surface area contributed by atoms with E-state index in [2.05, 4.69) is 15.3 Å². The minimum Gasteiger partial charge on any atom is -0.382 e. The number of hydrogen-bond donors (Lipinski definition) is 1. The van der Waals surface area contributed by atoms with Gasteiger partial charge in [-0.05, 0) is 19.4 Å². The molecule has 0 spiro atoms. The number of rotatable bonds is 10. The number of methoxy groups -OCH3 is 1. The first-order valence-corrected chi connectivity index (χ1v) is 5.96. The molecular formula is C12H21N3O2. The van der Waals surface area contributed by atoms with Gasteiger partial charge in [0.05, 0.1) is 18.9 Å². The number of ether oxygens (including phenoxy) is 2. The smallest absolute Gasteiger partial charge is 0.0724 e. The van der Waals surface area contributed by atoms with Crippen LogP contribution in [-0.4, -0.2) is 43.4 Å². The van der Waals surface area contributed by atoms with Crippen molar-refractivity contribution in [1.82, 2.24) is 15.3 Å². The molecule has 0 bridgehead atoms. The number of nitrogens with zero attached hydrogens (tertiary/aromatic N) is 2. The van der Waals surface area contributed by atoms with Crippen LogP contribution in [0, 0.1) is 0 Å². The third kappa shape index (κ3) is 7.79. The standard InChI is InChI=1S/C12H21N3O2/c1-16-8-9-17-7-3-2-4-13-10-12-11-14-5-6-15-12/h5-6,11,13H,2-4,7-10H2,1H3. The van der Waals surface area contributed by atoms with Crippen LogP contribution < -0.4 is 5.32 Å². The first-order chi connectivity index (χ1) is 8.43. The van der Waals surface area contributed by atoms with Gasteiger partial charge in [0.15, 0.2) is 0 Å². The van der Waals surface area contributed by atoms with E-state index in [0.717, 1.165) is 38.2 Å². The Kier molecular flexibility index (Phi) is 8.36. The quantitative estimate of drug-likeness (QED) is 0.618. The summed E-state index contributed by atoms with van der Waals surface area (Å²) in [6.07, 6.45) is 7.34. The molecular weight excluding hydrogens is 218 g/mol. The molecule has 1 N–H and O–H groups in total. The largest absolute Gasteiger partial charge is 0.382 e. The number of unbranched alkanes of at least 4 members (excludes halogenated alkanes) is 1. The summed E-state index contributed by atoms with van der Waals surface area (Å²) in [5.41, 5.74) is 0.976. The van der Waals surface area contributed by atoms with Crippen LogP contribution in [0.5, 0.6) is 0 Å². The normalized spacial score (nSPS) is 10.6. The van der Waals surface area contributed by atoms with Gasteiger partial charge in [-0.3, -0.25) is 9.97 Å². The molecule has 5 nitrogen and oxygen atoms in total. The highest BCUT2D eigenvalue weighted by molar-refractivity contribution is 4.93. The molecule has 0 amide bonds. The molecule has 1 heterocycles. The van der Waals surface area contributed by atoms with E-state index >= 15 is 0 Å². The Hall–Kier alpha value is -1.04. The van der Waals surface area contributed by atoms with Gasteiger partial charge in [-0.1, -0.05) is 0 Å². The van der Waals surface area contributed by atoms with Crippen molar-refractivity contribution < 1.29 is 9.47 Å². The third-order valence-corrected chi connectivity index (χ3v) is 2.25. The van der Waals surface area contributed by atoms with Gasteiger partial charge in [0.2, 0.25) is 0 Å². The fourth-order valence-electron chi connectivity index (χ4n) is 1.34. The molecule has 0 aliphatic heterocycles. The molecule has 1 aromatic heterocycles. The van der Waals surface area contributed by atoms with Crippen molar-refractivity contribution in [2.45, 2.75) is 19.4 Å². The molecule has 0 unspecified atom stereocenters. The van der Waals surface area contributed by atoms with Crippen molar-refractivity contribution in [3.05, 3.63) is 24.3 Å². The summed E-state index contributed by atoms with van der Waals surface area (Å²) in [7, 11) is 1.68. The average molecular weight is 239 g/mol. The van der Waals surface area contributed by atoms with Crippen LogP contribution in [-0.2, 0) is 16.0 Å². The van der Waals surface area contributed by atoms with Gasteiger partial charge >= 0.3 is 0 Å². The van der Waals surface area contributed by atoms with Gasteiger partial charge in [-0.25, -0.2) is 0 Å². The summed E-state index contributed by atoms with van der Waals surface area (Å²) < 4.78 is 10.2. The van der Waals surface area contributed by atoms with Crippen molar-refractivity contribution in [2.75, 3.05) is 33.5 Å². The van der Waals surface area contributed by atoms with E-state index in [1.165, 1.54) is 0 Å². The SMILES string of the molecule is COCCOCCCCNCc1cnccn1. The maximum absolute atomic E-state index is 5.36. The Balaban J connectivity index is 1.85. The highest BCUT2D eigenvalue weighted by atomic mass is 16.5. The second kappa shape index (κ2) is 10.1. The van der Waals surface area contributed by atoms with Crippen LogP contribution in [0.3, 0.4) is 0 Å². The minimum atomic E-state index is 0.672. The highest BCUT2D eigenvalue weighted by Gasteiger charge is 1.93. The van der Waals surface area contributed by atoms with E-state index in [9.17, 15) is 0 Å². The molecule has 0 aromatic carbocycles. The molecule has 0 saturated carbocycles. The molecule has 0 aliphatic carbocycles. The average Bonchev–Trinajstić information content (AvgIpc) is 2.38. The summed E-state index contributed by atoms with van der Waals surface area (Å²) in [5, 5.41) is 3.32. The van der Waals surface area contributed by atoms with E-state index in [-0.39, 0.29) is 0 Å². The van der Waals surface area contributed by atoms with E-state index in [1.54, 1.807) is 25.7 Å². The predicted octanol–water partition coefficient (Wildman–Crippen LogP) is 1.01. The van der Waals surface area contributed by atoms with Gasteiger partial charge in [-0.15, -0.1) is 0 Å². The van der Waals surface area contributed by atoms with Crippen LogP contribution in [0.2, 0.25) is 0 Å². The molecule has 0 fully saturated rings. The van der Waals surface area contributed by atoms with Crippen molar-refractivity contribution in [1.29, 1.82) is 0 Å². The topological polar surface area (TPSA) is 56.3 Å². The number of hydrogen-bond acceptors (Lipinski definition) is 5. The lowest BCUT2D eigenvalue weighted by molar-refractivity contribution is 0.0688. The van der Waals surface area contributed by atoms with Crippen LogP contribution >= 0.6 is 0 Å². The molecule has 5 heteroatoms. The van der Waals surface area contributed by atoms with Crippen LogP contribution in [0.25, 0.3) is 0 Å². The predicted molar refractivity (Wildman–Crippen MR) is 65.7 cm³/mol. The molecule has 17 heavy (non-hydrogen) atoms. The Labute approximate surface area is 103 Å². The van der Waals surface area contributed by atoms with Crippen molar-refractivity contribution in [3.63, 3.8) is 0 Å². The van der Waals surface area contributed by atoms with Crippen molar-refractivity contribution in [2.24, 2.45) is 0 Å². The second-order valence-corrected chi connectivity index (χ2v) is 3.69. The molecule has 0 atom stereocenters. The summed E-state index contributed by atoms with van der Waals surface area (Å²) in [6, 6.07) is 0. The number of nitrogens with one attached hydrogen (secondary N) is 1. The zero-order valence-electron chi connectivity index (χ0n) is 10.4. The molecule has 1 rings (SSSR count). The summed E-state index contributed by atoms with van der Waals surface area (Å²) >= 11 is 0. The highest BCUT2D eigenvalue weighted by Crippen LogP contribution is 1.91. The molecule has 1 aromatic rings. The van der Waals surface area contributed by atoms with Crippen LogP contribution in [0.1, 0.15) is 18.5 Å². The summed E-state index contributed by atoms with van der Waals surface area (Å²) in [6.45, 7) is 3.91. The van der Waals surface area contributed by atoms with Crippen LogP contribution in [0.4, 0.5) is 0 Å². The fraction of sp³-hybridized carbons (Fsp3) is 0.667. The number of aromatic nitrogens is 2. The van der Waals surface area contributed by atoms with Crippen LogP contribution in [0.15, 0.2) is 18.6 Å². The Bertz CT molecular complexity index is 270. The van der Waals surface area contributed by atoms with Gasteiger partial charge < -0.3 is 14.8 Å². The van der Waals surface area contributed by atoms with Gasteiger partial charge in [0.1, 0.15) is 0 Å². The molecule has 0 aliphatic rings. The lowest BCUT2D eigenvalue weighted by Crippen LogP contribution is -2.16. The molecule has 96 valence electrons. The Morgan fingerprint density at radius 2 is 2.12 bits per heavy atom. The Morgan fingerprint density at radius 3 is 2.88 bits per heavy atom. The minimum absolute atomic E-state index is 0.672. The molecule has 0 saturated heterocycles. The molecule has 0 radical (unpaired) electrons. The monoisotopic (exact) mass is 239 g/mol. The van der Waals surface area contributed by atoms with E-state index < -0.39 is 0 Å². The lowest BCUT2D eigenvalue weighted by atomic mass is 10.3. The van der Waals surface area contributed by atoms with Crippen molar-refractivity contribution >= 4 is 0 Å². The van der Waals surface area contributed by atoms with Gasteiger partial charge in [0, 0.05) is 38.9 Å². The van der Waals surface area contributed by atoms with E-state index in [1.807, 2.05) is 0 Å². The van der Waals surface area contributed by atoms with Crippen molar-refractivity contribution in [3.8, 4) is 0 Å². The maximum atomic E-state index is 5.36. The second-order valence-electron chi connectivity index (χ2n) is 3.69. The first kappa shape index (κ1) is 14.0. The van der Waals surface area contributed by atoms with Gasteiger partial charge in [0.25, 0.3) is 0 Å². The third-order valence-electron chi connectivity index (χ3n) is 2.25. The zero-order valence-corrected chi connectivity index (χ0v) is 10.4. The fourth-order valence-corrected chi connectivity index (χ4v) is 1.34.